The molecule has 1 saturated carbocycles. The van der Waals surface area contributed by atoms with Gasteiger partial charge >= 0.3 is 0 Å². The van der Waals surface area contributed by atoms with Gasteiger partial charge in [-0.15, -0.1) is 0 Å². The molecule has 21 heavy (non-hydrogen) atoms. The molecule has 0 amide bonds. The van der Waals surface area contributed by atoms with Gasteiger partial charge in [-0.1, -0.05) is 43.2 Å². The van der Waals surface area contributed by atoms with Gasteiger partial charge in [-0.05, 0) is 31.7 Å². The van der Waals surface area contributed by atoms with Crippen LogP contribution in [0.3, 0.4) is 0 Å². The number of benzene rings is 1. The van der Waals surface area contributed by atoms with Crippen molar-refractivity contribution in [3.63, 3.8) is 0 Å². The molecule has 1 fully saturated rings. The maximum atomic E-state index is 4.67. The molecule has 0 spiro atoms. The summed E-state index contributed by atoms with van der Waals surface area (Å²) in [5, 5.41) is 0. The molecule has 0 radical (unpaired) electrons. The molecule has 0 atom stereocenters. The first-order valence-corrected chi connectivity index (χ1v) is 7.74. The number of nitrogens with one attached hydrogen (secondary N) is 1. The number of hydrogen-bond donors (Lipinski definition) is 1. The van der Waals surface area contributed by atoms with Gasteiger partial charge in [0, 0.05) is 11.3 Å². The van der Waals surface area contributed by atoms with Gasteiger partial charge in [-0.25, -0.2) is 9.97 Å². The van der Waals surface area contributed by atoms with Crippen LogP contribution in [-0.2, 0) is 0 Å². The Morgan fingerprint density at radius 1 is 1.05 bits per heavy atom. The Morgan fingerprint density at radius 2 is 1.81 bits per heavy atom. The first-order chi connectivity index (χ1) is 10.3. The predicted molar refractivity (Wildman–Crippen MR) is 85.3 cm³/mol. The van der Waals surface area contributed by atoms with E-state index in [1.807, 2.05) is 13.0 Å². The fourth-order valence-corrected chi connectivity index (χ4v) is 3.41. The van der Waals surface area contributed by atoms with E-state index in [9.17, 15) is 0 Å². The van der Waals surface area contributed by atoms with E-state index in [1.165, 1.54) is 31.4 Å². The highest BCUT2D eigenvalue weighted by molar-refractivity contribution is 5.90. The molecule has 1 aliphatic carbocycles. The monoisotopic (exact) mass is 277 g/mol. The molecule has 2 heterocycles. The summed E-state index contributed by atoms with van der Waals surface area (Å²) in [6, 6.07) is 12.6. The van der Waals surface area contributed by atoms with E-state index in [0.717, 1.165) is 28.1 Å². The second-order valence-corrected chi connectivity index (χ2v) is 5.95. The number of H-pyrrole nitrogens is 1. The van der Waals surface area contributed by atoms with Crippen LogP contribution in [0.5, 0.6) is 0 Å². The van der Waals surface area contributed by atoms with Crippen LogP contribution < -0.4 is 0 Å². The van der Waals surface area contributed by atoms with Crippen LogP contribution in [0, 0.1) is 6.92 Å². The van der Waals surface area contributed by atoms with Crippen molar-refractivity contribution in [1.29, 1.82) is 0 Å². The van der Waals surface area contributed by atoms with E-state index in [-0.39, 0.29) is 0 Å². The predicted octanol–water partition coefficient (Wildman–Crippen LogP) is 4.59. The third kappa shape index (κ3) is 2.23. The van der Waals surface area contributed by atoms with Crippen LogP contribution in [0.4, 0.5) is 0 Å². The number of aromatic amines is 1. The van der Waals surface area contributed by atoms with E-state index < -0.39 is 0 Å². The van der Waals surface area contributed by atoms with Gasteiger partial charge in [-0.2, -0.15) is 0 Å². The third-order valence-corrected chi connectivity index (χ3v) is 4.45. The number of hydrogen-bond acceptors (Lipinski definition) is 2. The zero-order chi connectivity index (χ0) is 14.2. The second-order valence-electron chi connectivity index (χ2n) is 5.95. The Bertz CT molecular complexity index is 768. The van der Waals surface area contributed by atoms with Crippen molar-refractivity contribution in [2.45, 2.75) is 38.5 Å². The summed E-state index contributed by atoms with van der Waals surface area (Å²) in [5.74, 6) is 1.50. The van der Waals surface area contributed by atoms with Crippen molar-refractivity contribution >= 4 is 11.0 Å². The molecule has 1 aromatic carbocycles. The maximum absolute atomic E-state index is 4.67. The minimum atomic E-state index is 0.670. The van der Waals surface area contributed by atoms with Gasteiger partial charge in [0.2, 0.25) is 0 Å². The quantitative estimate of drug-likeness (QED) is 0.744. The Morgan fingerprint density at radius 3 is 2.57 bits per heavy atom. The van der Waals surface area contributed by atoms with Crippen molar-refractivity contribution < 1.29 is 0 Å². The summed E-state index contributed by atoms with van der Waals surface area (Å²) < 4.78 is 0. The lowest BCUT2D eigenvalue weighted by Crippen LogP contribution is -1.93. The van der Waals surface area contributed by atoms with E-state index in [1.54, 1.807) is 0 Å². The smallest absolute Gasteiger partial charge is 0.126 e. The fourth-order valence-electron chi connectivity index (χ4n) is 3.41. The van der Waals surface area contributed by atoms with Crippen LogP contribution in [-0.4, -0.2) is 15.0 Å². The molecule has 0 unspecified atom stereocenters. The average Bonchev–Trinajstić information content (AvgIpc) is 3.16. The molecular weight excluding hydrogens is 258 g/mol. The lowest BCUT2D eigenvalue weighted by Gasteiger charge is -2.05. The minimum Gasteiger partial charge on any atom is -0.355 e. The summed E-state index contributed by atoms with van der Waals surface area (Å²) in [6.45, 7) is 1.97. The molecule has 0 aliphatic heterocycles. The lowest BCUT2D eigenvalue weighted by molar-refractivity contribution is 0.705. The van der Waals surface area contributed by atoms with Gasteiger partial charge in [0.15, 0.2) is 0 Å². The van der Waals surface area contributed by atoms with Crippen molar-refractivity contribution in [2.24, 2.45) is 0 Å². The summed E-state index contributed by atoms with van der Waals surface area (Å²) in [7, 11) is 0. The molecule has 3 heteroatoms. The highest BCUT2D eigenvalue weighted by Gasteiger charge is 2.20. The Kier molecular flexibility index (Phi) is 2.99. The zero-order valence-electron chi connectivity index (χ0n) is 12.3. The van der Waals surface area contributed by atoms with E-state index >= 15 is 0 Å². The molecule has 3 nitrogen and oxygen atoms in total. The van der Waals surface area contributed by atoms with Gasteiger partial charge in [0.25, 0.3) is 0 Å². The Balaban J connectivity index is 1.89. The molecule has 0 saturated heterocycles. The SMILES string of the molecule is Cc1nc(-c2ccccc2)c2[nH]c(C3CCCC3)cc2n1. The average molecular weight is 277 g/mol. The van der Waals surface area contributed by atoms with Gasteiger partial charge in [0.05, 0.1) is 16.7 Å². The van der Waals surface area contributed by atoms with Crippen LogP contribution in [0.25, 0.3) is 22.3 Å². The molecule has 1 N–H and O–H groups in total. The van der Waals surface area contributed by atoms with Crippen LogP contribution >= 0.6 is 0 Å². The topological polar surface area (TPSA) is 41.6 Å². The van der Waals surface area contributed by atoms with Crippen LogP contribution in [0.2, 0.25) is 0 Å². The highest BCUT2D eigenvalue weighted by atomic mass is 14.9. The standard InChI is InChI=1S/C18H19N3/c1-12-19-16-11-15(13-7-5-6-8-13)21-18(16)17(20-12)14-9-3-2-4-10-14/h2-4,9-11,13,21H,5-8H2,1H3. The molecular formula is C18H19N3. The van der Waals surface area contributed by atoms with Crippen molar-refractivity contribution in [1.82, 2.24) is 15.0 Å². The van der Waals surface area contributed by atoms with Gasteiger partial charge in [-0.3, -0.25) is 0 Å². The van der Waals surface area contributed by atoms with Crippen LogP contribution in [0.15, 0.2) is 36.4 Å². The first kappa shape index (κ1) is 12.6. The van der Waals surface area contributed by atoms with Crippen LogP contribution in [0.1, 0.15) is 43.1 Å². The first-order valence-electron chi connectivity index (χ1n) is 7.74. The molecule has 3 aromatic rings. The summed E-state index contributed by atoms with van der Waals surface area (Å²) >= 11 is 0. The largest absolute Gasteiger partial charge is 0.355 e. The minimum absolute atomic E-state index is 0.670. The second kappa shape index (κ2) is 4.99. The number of aryl methyl sites for hydroxylation is 1. The van der Waals surface area contributed by atoms with Crippen molar-refractivity contribution in [2.75, 3.05) is 0 Å². The third-order valence-electron chi connectivity index (χ3n) is 4.45. The molecule has 2 aromatic heterocycles. The summed E-state index contributed by atoms with van der Waals surface area (Å²) in [6.07, 6.45) is 5.27. The molecule has 0 bridgehead atoms. The number of aromatic nitrogens is 3. The highest BCUT2D eigenvalue weighted by Crippen LogP contribution is 2.36. The van der Waals surface area contributed by atoms with Gasteiger partial charge < -0.3 is 4.98 Å². The number of rotatable bonds is 2. The van der Waals surface area contributed by atoms with E-state index in [4.69, 9.17) is 0 Å². The summed E-state index contributed by atoms with van der Waals surface area (Å²) in [4.78, 5) is 12.9. The maximum Gasteiger partial charge on any atom is 0.126 e. The number of fused-ring (bicyclic) bond motifs is 1. The van der Waals surface area contributed by atoms with Crippen molar-refractivity contribution in [3.8, 4) is 11.3 Å². The normalized spacial score (nSPS) is 15.9. The molecule has 1 aliphatic rings. The summed E-state index contributed by atoms with van der Waals surface area (Å²) in [5.41, 5.74) is 5.62. The zero-order valence-corrected chi connectivity index (χ0v) is 12.3. The van der Waals surface area contributed by atoms with E-state index in [0.29, 0.717) is 5.92 Å². The molecule has 106 valence electrons. The van der Waals surface area contributed by atoms with Crippen molar-refractivity contribution in [3.05, 3.63) is 47.9 Å². The Hall–Kier alpha value is -2.16. The Labute approximate surface area is 124 Å². The fraction of sp³-hybridized carbons (Fsp3) is 0.333. The number of nitrogens with zero attached hydrogens (tertiary/aromatic N) is 2. The van der Waals surface area contributed by atoms with E-state index in [2.05, 4.69) is 45.3 Å². The van der Waals surface area contributed by atoms with Gasteiger partial charge in [0.1, 0.15) is 5.82 Å². The lowest BCUT2D eigenvalue weighted by atomic mass is 10.1. The molecule has 4 rings (SSSR count).